The number of nitrogens with one attached hydrogen (secondary N) is 1. The van der Waals surface area contributed by atoms with Crippen LogP contribution in [-0.2, 0) is 12.4 Å². The van der Waals surface area contributed by atoms with Crippen molar-refractivity contribution in [1.29, 1.82) is 0 Å². The minimum atomic E-state index is -5.05. The first-order chi connectivity index (χ1) is 14.3. The Morgan fingerprint density at radius 3 is 1.84 bits per heavy atom. The smallest absolute Gasteiger partial charge is 0.345 e. The zero-order chi connectivity index (χ0) is 23.4. The van der Waals surface area contributed by atoms with Gasteiger partial charge in [0.15, 0.2) is 0 Å². The van der Waals surface area contributed by atoms with Crippen LogP contribution in [0.15, 0.2) is 42.5 Å². The molecule has 0 saturated carbocycles. The van der Waals surface area contributed by atoms with Crippen LogP contribution in [0.1, 0.15) is 37.4 Å². The van der Waals surface area contributed by atoms with E-state index >= 15 is 0 Å². The van der Waals surface area contributed by atoms with E-state index in [-0.39, 0.29) is 18.5 Å². The fourth-order valence-electron chi connectivity index (χ4n) is 2.41. The van der Waals surface area contributed by atoms with E-state index in [9.17, 15) is 35.9 Å². The third-order valence-electron chi connectivity index (χ3n) is 3.96. The summed E-state index contributed by atoms with van der Waals surface area (Å²) in [4.78, 5) is 25.2. The van der Waals surface area contributed by atoms with Gasteiger partial charge in [-0.15, -0.1) is 0 Å². The van der Waals surface area contributed by atoms with Gasteiger partial charge in [-0.25, -0.2) is 0 Å². The number of benzene rings is 2. The van der Waals surface area contributed by atoms with Crippen molar-refractivity contribution in [3.05, 3.63) is 70.3 Å². The van der Waals surface area contributed by atoms with Gasteiger partial charge in [-0.2, -0.15) is 26.3 Å². The molecule has 0 bridgehead atoms. The minimum absolute atomic E-state index is 0.0543. The highest BCUT2D eigenvalue weighted by Crippen LogP contribution is 2.36. The largest absolute Gasteiger partial charge is 0.416 e. The Morgan fingerprint density at radius 2 is 1.39 bits per heavy atom. The second-order valence-electron chi connectivity index (χ2n) is 6.56. The molecule has 0 radical (unpaired) electrons. The number of rotatable bonds is 3. The van der Waals surface area contributed by atoms with Crippen molar-refractivity contribution in [3.8, 4) is 11.8 Å². The third kappa shape index (κ3) is 6.50. The molecule has 0 aliphatic carbocycles. The van der Waals surface area contributed by atoms with Crippen LogP contribution in [0, 0.1) is 11.8 Å². The maximum atomic E-state index is 12.9. The van der Waals surface area contributed by atoms with Crippen LogP contribution in [0.5, 0.6) is 0 Å². The van der Waals surface area contributed by atoms with Crippen LogP contribution in [-0.4, -0.2) is 37.4 Å². The molecule has 2 rings (SSSR count). The van der Waals surface area contributed by atoms with E-state index in [4.69, 9.17) is 0 Å². The monoisotopic (exact) mass is 442 g/mol. The Bertz CT molecular complexity index is 997. The predicted molar refractivity (Wildman–Crippen MR) is 100 cm³/mol. The van der Waals surface area contributed by atoms with E-state index in [1.807, 2.05) is 0 Å². The van der Waals surface area contributed by atoms with Crippen LogP contribution in [0.4, 0.5) is 26.3 Å². The summed E-state index contributed by atoms with van der Waals surface area (Å²) >= 11 is 0. The molecule has 1 N–H and O–H groups in total. The van der Waals surface area contributed by atoms with E-state index in [0.29, 0.717) is 23.3 Å². The van der Waals surface area contributed by atoms with Gasteiger partial charge in [0.2, 0.25) is 0 Å². The number of hydrogen-bond acceptors (Lipinski definition) is 2. The van der Waals surface area contributed by atoms with Crippen LogP contribution in [0.2, 0.25) is 0 Å². The molecule has 0 saturated heterocycles. The summed E-state index contributed by atoms with van der Waals surface area (Å²) in [5.41, 5.74) is -3.00. The molecular weight excluding hydrogens is 426 g/mol. The SMILES string of the molecule is CN(C)C(=O)c1ccc(C#CCNC(=O)c2cc(C(F)(F)F)cc(C(F)(F)F)c2)cc1. The van der Waals surface area contributed by atoms with Gasteiger partial charge in [0.25, 0.3) is 11.8 Å². The first-order valence-corrected chi connectivity index (χ1v) is 8.67. The molecule has 0 aliphatic rings. The molecule has 0 atom stereocenters. The normalized spacial score (nSPS) is 11.4. The van der Waals surface area contributed by atoms with Crippen LogP contribution in [0.25, 0.3) is 0 Å². The van der Waals surface area contributed by atoms with Crippen LogP contribution in [0.3, 0.4) is 0 Å². The molecule has 10 heteroatoms. The van der Waals surface area contributed by atoms with Crippen LogP contribution >= 0.6 is 0 Å². The zero-order valence-electron chi connectivity index (χ0n) is 16.3. The minimum Gasteiger partial charge on any atom is -0.345 e. The molecule has 4 nitrogen and oxygen atoms in total. The van der Waals surface area contributed by atoms with Crippen molar-refractivity contribution in [2.75, 3.05) is 20.6 Å². The summed E-state index contributed by atoms with van der Waals surface area (Å²) in [6.45, 7) is -0.311. The lowest BCUT2D eigenvalue weighted by atomic mass is 10.0. The molecule has 0 spiro atoms. The fourth-order valence-corrected chi connectivity index (χ4v) is 2.41. The fraction of sp³-hybridized carbons (Fsp3) is 0.238. The molecule has 2 aromatic carbocycles. The topological polar surface area (TPSA) is 49.4 Å². The van der Waals surface area contributed by atoms with E-state index < -0.39 is 35.0 Å². The second-order valence-corrected chi connectivity index (χ2v) is 6.56. The summed E-state index contributed by atoms with van der Waals surface area (Å²) in [6.07, 6.45) is -10.1. The van der Waals surface area contributed by atoms with Gasteiger partial charge in [-0.3, -0.25) is 9.59 Å². The summed E-state index contributed by atoms with van der Waals surface area (Å²) < 4.78 is 77.2. The quantitative estimate of drug-likeness (QED) is 0.572. The lowest BCUT2D eigenvalue weighted by Crippen LogP contribution is -2.25. The number of hydrogen-bond donors (Lipinski definition) is 1. The van der Waals surface area contributed by atoms with Gasteiger partial charge in [0, 0.05) is 30.8 Å². The van der Waals surface area contributed by atoms with Crippen LogP contribution < -0.4 is 5.32 Å². The van der Waals surface area contributed by atoms with Gasteiger partial charge in [0.1, 0.15) is 0 Å². The molecule has 0 unspecified atom stereocenters. The highest BCUT2D eigenvalue weighted by atomic mass is 19.4. The van der Waals surface area contributed by atoms with Crippen molar-refractivity contribution < 1.29 is 35.9 Å². The maximum absolute atomic E-state index is 12.9. The average molecular weight is 442 g/mol. The Labute approximate surface area is 173 Å². The van der Waals surface area contributed by atoms with E-state index in [1.165, 1.54) is 4.90 Å². The van der Waals surface area contributed by atoms with E-state index in [0.717, 1.165) is 0 Å². The van der Waals surface area contributed by atoms with Crippen molar-refractivity contribution in [2.45, 2.75) is 12.4 Å². The highest BCUT2D eigenvalue weighted by Gasteiger charge is 2.37. The number of nitrogens with zero attached hydrogens (tertiary/aromatic N) is 1. The first kappa shape index (κ1) is 23.8. The molecule has 0 fully saturated rings. The second kappa shape index (κ2) is 9.12. The van der Waals surface area contributed by atoms with Gasteiger partial charge in [-0.05, 0) is 42.5 Å². The number of carbonyl (C=O) groups is 2. The Balaban J connectivity index is 2.11. The van der Waals surface area contributed by atoms with Crippen molar-refractivity contribution in [3.63, 3.8) is 0 Å². The Kier molecular flexibility index (Phi) is 7.00. The van der Waals surface area contributed by atoms with Gasteiger partial charge in [-0.1, -0.05) is 11.8 Å². The molecule has 2 aromatic rings. The summed E-state index contributed by atoms with van der Waals surface area (Å²) in [6, 6.07) is 6.86. The number of carbonyl (C=O) groups excluding carboxylic acids is 2. The van der Waals surface area contributed by atoms with Gasteiger partial charge >= 0.3 is 12.4 Å². The average Bonchev–Trinajstić information content (AvgIpc) is 2.69. The number of halogens is 6. The zero-order valence-corrected chi connectivity index (χ0v) is 16.3. The molecule has 0 aromatic heterocycles. The summed E-state index contributed by atoms with van der Waals surface area (Å²) in [5.74, 6) is 3.88. The van der Waals surface area contributed by atoms with Crippen molar-refractivity contribution in [2.24, 2.45) is 0 Å². The van der Waals surface area contributed by atoms with Crippen molar-refractivity contribution in [1.82, 2.24) is 10.2 Å². The van der Waals surface area contributed by atoms with E-state index in [1.54, 1.807) is 38.4 Å². The standard InChI is InChI=1S/C21H16F6N2O2/c1-29(2)19(31)14-7-5-13(6-8-14)4-3-9-28-18(30)15-10-16(20(22,23)24)12-17(11-15)21(25,26)27/h5-8,10-12H,9H2,1-2H3,(H,28,30). The number of amides is 2. The number of alkyl halides is 6. The Morgan fingerprint density at radius 1 is 0.871 bits per heavy atom. The van der Waals surface area contributed by atoms with Gasteiger partial charge < -0.3 is 10.2 Å². The lowest BCUT2D eigenvalue weighted by molar-refractivity contribution is -0.143. The third-order valence-corrected chi connectivity index (χ3v) is 3.96. The summed E-state index contributed by atoms with van der Waals surface area (Å²) in [5, 5.41) is 2.16. The lowest BCUT2D eigenvalue weighted by Gasteiger charge is -2.13. The molecule has 31 heavy (non-hydrogen) atoms. The van der Waals surface area contributed by atoms with Gasteiger partial charge in [0.05, 0.1) is 17.7 Å². The molecule has 0 heterocycles. The molecular formula is C21H16F6N2O2. The maximum Gasteiger partial charge on any atom is 0.416 e. The predicted octanol–water partition coefficient (Wildman–Crippen LogP) is 4.21. The molecule has 2 amide bonds. The Hall–Kier alpha value is -3.48. The first-order valence-electron chi connectivity index (χ1n) is 8.67. The molecule has 164 valence electrons. The molecule has 0 aliphatic heterocycles. The van der Waals surface area contributed by atoms with E-state index in [2.05, 4.69) is 17.2 Å². The summed E-state index contributed by atoms with van der Waals surface area (Å²) in [7, 11) is 3.20. The highest BCUT2D eigenvalue weighted by molar-refractivity contribution is 5.95. The van der Waals surface area contributed by atoms with Crippen molar-refractivity contribution >= 4 is 11.8 Å².